The highest BCUT2D eigenvalue weighted by Crippen LogP contribution is 2.22. The molecule has 0 spiro atoms. The van der Waals surface area contributed by atoms with Crippen LogP contribution >= 0.6 is 11.8 Å². The fourth-order valence-electron chi connectivity index (χ4n) is 1.74. The van der Waals surface area contributed by atoms with Gasteiger partial charge < -0.3 is 10.1 Å². The molecule has 0 heterocycles. The van der Waals surface area contributed by atoms with Gasteiger partial charge in [-0.2, -0.15) is 0 Å². The average Bonchev–Trinajstić information content (AvgIpc) is 2.51. The molecule has 0 aliphatic heterocycles. The molecule has 0 fully saturated rings. The number of methoxy groups -OCH3 is 1. The number of thioether (sulfide) groups is 1. The molecule has 1 rings (SSSR count). The quantitative estimate of drug-likeness (QED) is 0.617. The Labute approximate surface area is 132 Å². The highest BCUT2D eigenvalue weighted by atomic mass is 32.2. The summed E-state index contributed by atoms with van der Waals surface area (Å²) in [4.78, 5) is 23.6. The van der Waals surface area contributed by atoms with E-state index in [0.717, 1.165) is 30.0 Å². The molecule has 22 heavy (non-hydrogen) atoms. The summed E-state index contributed by atoms with van der Waals surface area (Å²) in [6, 6.07) is 2.29. The topological polar surface area (TPSA) is 55.4 Å². The maximum atomic E-state index is 13.5. The molecule has 2 atom stereocenters. The third-order valence-electron chi connectivity index (χ3n) is 3.24. The zero-order valence-corrected chi connectivity index (χ0v) is 13.5. The normalized spacial score (nSPS) is 13.3. The van der Waals surface area contributed by atoms with Crippen LogP contribution in [0.4, 0.5) is 8.78 Å². The summed E-state index contributed by atoms with van der Waals surface area (Å²) < 4.78 is 31.2. The van der Waals surface area contributed by atoms with Crippen LogP contribution in [0.2, 0.25) is 0 Å². The zero-order chi connectivity index (χ0) is 16.7. The minimum atomic E-state index is -0.750. The molecule has 0 aromatic heterocycles. The van der Waals surface area contributed by atoms with Crippen molar-refractivity contribution in [1.29, 1.82) is 0 Å². The lowest BCUT2D eigenvalue weighted by Crippen LogP contribution is -2.46. The predicted octanol–water partition coefficient (Wildman–Crippen LogP) is 2.76. The van der Waals surface area contributed by atoms with Gasteiger partial charge in [0.2, 0.25) is 5.91 Å². The van der Waals surface area contributed by atoms with Crippen molar-refractivity contribution < 1.29 is 23.1 Å². The molecule has 0 saturated carbocycles. The molecule has 1 N–H and O–H groups in total. The first kappa shape index (κ1) is 18.4. The van der Waals surface area contributed by atoms with Crippen LogP contribution in [0, 0.1) is 17.6 Å². The minimum Gasteiger partial charge on any atom is -0.467 e. The standard InChI is InChI=1S/C15H19F2NO3S/c1-4-9(2)14(15(20)21-3)18-13(19)8-22-12-7-10(16)5-6-11(12)17/h5-7,9,14H,4,8H2,1-3H3,(H,18,19)/t9-,14-/m1/s1. The summed E-state index contributed by atoms with van der Waals surface area (Å²) in [7, 11) is 1.25. The van der Waals surface area contributed by atoms with Crippen molar-refractivity contribution in [3.63, 3.8) is 0 Å². The largest absolute Gasteiger partial charge is 0.467 e. The second kappa shape index (κ2) is 8.73. The van der Waals surface area contributed by atoms with Crippen molar-refractivity contribution >= 4 is 23.6 Å². The number of carbonyl (C=O) groups is 2. The van der Waals surface area contributed by atoms with Crippen LogP contribution in [0.1, 0.15) is 20.3 Å². The molecule has 4 nitrogen and oxygen atoms in total. The van der Waals surface area contributed by atoms with Crippen LogP contribution in [0.15, 0.2) is 23.1 Å². The van der Waals surface area contributed by atoms with Gasteiger partial charge in [0.15, 0.2) is 0 Å². The van der Waals surface area contributed by atoms with Gasteiger partial charge in [-0.3, -0.25) is 4.79 Å². The maximum Gasteiger partial charge on any atom is 0.328 e. The van der Waals surface area contributed by atoms with Gasteiger partial charge in [-0.1, -0.05) is 20.3 Å². The van der Waals surface area contributed by atoms with E-state index in [0.29, 0.717) is 6.42 Å². The van der Waals surface area contributed by atoms with Crippen molar-refractivity contribution in [2.45, 2.75) is 31.2 Å². The number of hydrogen-bond acceptors (Lipinski definition) is 4. The van der Waals surface area contributed by atoms with Gasteiger partial charge in [0, 0.05) is 4.90 Å². The van der Waals surface area contributed by atoms with E-state index in [1.54, 1.807) is 0 Å². The van der Waals surface area contributed by atoms with E-state index < -0.39 is 29.6 Å². The molecule has 1 amide bonds. The van der Waals surface area contributed by atoms with Crippen molar-refractivity contribution in [3.8, 4) is 0 Å². The monoisotopic (exact) mass is 331 g/mol. The van der Waals surface area contributed by atoms with E-state index >= 15 is 0 Å². The first-order chi connectivity index (χ1) is 10.4. The third-order valence-corrected chi connectivity index (χ3v) is 4.27. The van der Waals surface area contributed by atoms with Crippen molar-refractivity contribution in [3.05, 3.63) is 29.8 Å². The molecule has 1 aromatic carbocycles. The van der Waals surface area contributed by atoms with Gasteiger partial charge >= 0.3 is 5.97 Å². The number of carbonyl (C=O) groups excluding carboxylic acids is 2. The average molecular weight is 331 g/mol. The number of hydrogen-bond donors (Lipinski definition) is 1. The van der Waals surface area contributed by atoms with Gasteiger partial charge in [0.05, 0.1) is 12.9 Å². The SMILES string of the molecule is CC[C@@H](C)[C@@H](NC(=O)CSc1cc(F)ccc1F)C(=O)OC. The fourth-order valence-corrected chi connectivity index (χ4v) is 2.51. The maximum absolute atomic E-state index is 13.5. The van der Waals surface area contributed by atoms with Gasteiger partial charge in [-0.25, -0.2) is 13.6 Å². The molecule has 7 heteroatoms. The highest BCUT2D eigenvalue weighted by Gasteiger charge is 2.26. The molecule has 0 unspecified atom stereocenters. The van der Waals surface area contributed by atoms with Crippen LogP contribution in [-0.4, -0.2) is 30.8 Å². The second-order valence-electron chi connectivity index (χ2n) is 4.82. The van der Waals surface area contributed by atoms with Gasteiger partial charge in [-0.05, 0) is 24.1 Å². The summed E-state index contributed by atoms with van der Waals surface area (Å²) in [6.07, 6.45) is 0.686. The highest BCUT2D eigenvalue weighted by molar-refractivity contribution is 8.00. The van der Waals surface area contributed by atoms with Crippen LogP contribution < -0.4 is 5.32 Å². The minimum absolute atomic E-state index is 0.0494. The Balaban J connectivity index is 2.64. The van der Waals surface area contributed by atoms with Crippen molar-refractivity contribution in [2.24, 2.45) is 5.92 Å². The lowest BCUT2D eigenvalue weighted by atomic mass is 9.99. The van der Waals surface area contributed by atoms with E-state index in [2.05, 4.69) is 10.1 Å². The van der Waals surface area contributed by atoms with Crippen molar-refractivity contribution in [1.82, 2.24) is 5.32 Å². The Morgan fingerprint density at radius 2 is 2.05 bits per heavy atom. The van der Waals surface area contributed by atoms with Gasteiger partial charge in [-0.15, -0.1) is 11.8 Å². The van der Waals surface area contributed by atoms with Gasteiger partial charge in [0.1, 0.15) is 17.7 Å². The number of halogens is 2. The molecular weight excluding hydrogens is 312 g/mol. The van der Waals surface area contributed by atoms with E-state index in [1.165, 1.54) is 7.11 Å². The second-order valence-corrected chi connectivity index (χ2v) is 5.83. The molecule has 0 aliphatic rings. The Morgan fingerprint density at radius 3 is 2.64 bits per heavy atom. The number of rotatable bonds is 7. The van der Waals surface area contributed by atoms with E-state index in [4.69, 9.17) is 0 Å². The summed E-state index contributed by atoms with van der Waals surface area (Å²) in [5.41, 5.74) is 0. The Hall–Kier alpha value is -1.63. The first-order valence-electron chi connectivity index (χ1n) is 6.84. The number of nitrogens with one attached hydrogen (secondary N) is 1. The number of esters is 1. The summed E-state index contributed by atoms with van der Waals surface area (Å²) in [5, 5.41) is 2.57. The van der Waals surface area contributed by atoms with Crippen LogP contribution in [0.3, 0.4) is 0 Å². The van der Waals surface area contributed by atoms with Crippen LogP contribution in [0.25, 0.3) is 0 Å². The Morgan fingerprint density at radius 1 is 1.36 bits per heavy atom. The van der Waals surface area contributed by atoms with Crippen LogP contribution in [0.5, 0.6) is 0 Å². The zero-order valence-electron chi connectivity index (χ0n) is 12.7. The molecule has 0 bridgehead atoms. The predicted molar refractivity (Wildman–Crippen MR) is 80.5 cm³/mol. The molecule has 0 saturated heterocycles. The fraction of sp³-hybridized carbons (Fsp3) is 0.467. The summed E-state index contributed by atoms with van der Waals surface area (Å²) in [6.45, 7) is 3.71. The first-order valence-corrected chi connectivity index (χ1v) is 7.82. The number of benzene rings is 1. The number of ether oxygens (including phenoxy) is 1. The number of amides is 1. The molecule has 0 radical (unpaired) electrons. The molecular formula is C15H19F2NO3S. The molecule has 122 valence electrons. The van der Waals surface area contributed by atoms with Crippen LogP contribution in [-0.2, 0) is 14.3 Å². The lowest BCUT2D eigenvalue weighted by molar-refractivity contribution is -0.146. The van der Waals surface area contributed by atoms with E-state index in [9.17, 15) is 18.4 Å². The van der Waals surface area contributed by atoms with E-state index in [1.807, 2.05) is 13.8 Å². The van der Waals surface area contributed by atoms with Gasteiger partial charge in [0.25, 0.3) is 0 Å². The van der Waals surface area contributed by atoms with Crippen molar-refractivity contribution in [2.75, 3.05) is 12.9 Å². The van der Waals surface area contributed by atoms with E-state index in [-0.39, 0.29) is 16.6 Å². The smallest absolute Gasteiger partial charge is 0.328 e. The summed E-state index contributed by atoms with van der Waals surface area (Å²) in [5.74, 6) is -2.34. The summed E-state index contributed by atoms with van der Waals surface area (Å²) >= 11 is 0.871. The Kier molecular flexibility index (Phi) is 7.31. The Bertz CT molecular complexity index is 540. The lowest BCUT2D eigenvalue weighted by Gasteiger charge is -2.21. The third kappa shape index (κ3) is 5.29. The molecule has 1 aromatic rings. The molecule has 0 aliphatic carbocycles.